The topological polar surface area (TPSA) is 33.1 Å². The molecule has 0 amide bonds. The van der Waals surface area contributed by atoms with E-state index in [1.165, 1.54) is 25.0 Å². The normalized spacial score (nSPS) is 16.2. The van der Waals surface area contributed by atoms with Crippen LogP contribution in [0, 0.1) is 5.92 Å². The van der Waals surface area contributed by atoms with Crippen LogP contribution in [0.25, 0.3) is 0 Å². The van der Waals surface area contributed by atoms with E-state index < -0.39 is 0 Å². The minimum Gasteiger partial charge on any atom is -0.348 e. The number of rotatable bonds is 5. The molecule has 0 bridgehead atoms. The van der Waals surface area contributed by atoms with E-state index in [0.717, 1.165) is 25.0 Å². The van der Waals surface area contributed by atoms with Crippen molar-refractivity contribution in [2.24, 2.45) is 13.0 Å². The molecule has 4 nitrogen and oxygen atoms in total. The lowest BCUT2D eigenvalue weighted by molar-refractivity contribution is 0.300. The van der Waals surface area contributed by atoms with E-state index >= 15 is 0 Å². The van der Waals surface area contributed by atoms with Crippen molar-refractivity contribution in [3.8, 4) is 0 Å². The van der Waals surface area contributed by atoms with Gasteiger partial charge in [0.15, 0.2) is 0 Å². The average molecular weight is 222 g/mol. The van der Waals surface area contributed by atoms with Gasteiger partial charge in [-0.05, 0) is 25.3 Å². The maximum absolute atomic E-state index is 4.40. The molecule has 2 rings (SSSR count). The van der Waals surface area contributed by atoms with Gasteiger partial charge in [0, 0.05) is 27.7 Å². The summed E-state index contributed by atoms with van der Waals surface area (Å²) in [4.78, 5) is 6.43. The van der Waals surface area contributed by atoms with Crippen LogP contribution in [0.1, 0.15) is 25.0 Å². The molecule has 1 aliphatic carbocycles. The lowest BCUT2D eigenvalue weighted by Gasteiger charge is -2.25. The molecule has 1 aromatic rings. The first kappa shape index (κ1) is 11.5. The third kappa shape index (κ3) is 2.38. The Bertz CT molecular complexity index is 339. The van der Waals surface area contributed by atoms with E-state index in [2.05, 4.69) is 21.9 Å². The van der Waals surface area contributed by atoms with E-state index in [0.29, 0.717) is 0 Å². The Labute approximate surface area is 97.7 Å². The summed E-state index contributed by atoms with van der Waals surface area (Å²) in [5.74, 6) is 1.93. The largest absolute Gasteiger partial charge is 0.348 e. The van der Waals surface area contributed by atoms with Crippen LogP contribution >= 0.6 is 0 Å². The van der Waals surface area contributed by atoms with E-state index in [4.69, 9.17) is 0 Å². The molecule has 0 atom stereocenters. The highest BCUT2D eigenvalue weighted by Gasteiger charge is 2.16. The van der Waals surface area contributed by atoms with Crippen molar-refractivity contribution < 1.29 is 0 Å². The van der Waals surface area contributed by atoms with Gasteiger partial charge in [0.2, 0.25) is 5.95 Å². The van der Waals surface area contributed by atoms with Crippen LogP contribution in [0.4, 0.5) is 5.95 Å². The summed E-state index contributed by atoms with van der Waals surface area (Å²) in [5.41, 5.74) is 1.25. The van der Waals surface area contributed by atoms with Gasteiger partial charge < -0.3 is 14.8 Å². The highest BCUT2D eigenvalue weighted by Crippen LogP contribution is 2.25. The fourth-order valence-corrected chi connectivity index (χ4v) is 2.11. The predicted octanol–water partition coefficient (Wildman–Crippen LogP) is 1.38. The molecule has 1 saturated carbocycles. The quantitative estimate of drug-likeness (QED) is 0.817. The monoisotopic (exact) mass is 222 g/mol. The van der Waals surface area contributed by atoms with Gasteiger partial charge in [0.25, 0.3) is 0 Å². The molecule has 1 aliphatic rings. The minimum atomic E-state index is 0.918. The van der Waals surface area contributed by atoms with Gasteiger partial charge >= 0.3 is 0 Å². The second-order valence-corrected chi connectivity index (χ2v) is 4.93. The molecule has 0 radical (unpaired) electrons. The Morgan fingerprint density at radius 2 is 2.25 bits per heavy atom. The van der Waals surface area contributed by atoms with Crippen LogP contribution in [-0.4, -0.2) is 30.2 Å². The second-order valence-electron chi connectivity index (χ2n) is 4.93. The summed E-state index contributed by atoms with van der Waals surface area (Å²) < 4.78 is 2.15. The van der Waals surface area contributed by atoms with Crippen LogP contribution in [-0.2, 0) is 13.6 Å². The first-order chi connectivity index (χ1) is 7.68. The van der Waals surface area contributed by atoms with E-state index in [1.54, 1.807) is 0 Å². The third-order valence-corrected chi connectivity index (χ3v) is 3.42. The van der Waals surface area contributed by atoms with Crippen molar-refractivity contribution in [3.63, 3.8) is 0 Å². The minimum absolute atomic E-state index is 0.918. The number of nitrogens with one attached hydrogen (secondary N) is 1. The van der Waals surface area contributed by atoms with Crippen molar-refractivity contribution in [2.75, 3.05) is 25.5 Å². The van der Waals surface area contributed by atoms with Gasteiger partial charge in [0.1, 0.15) is 0 Å². The third-order valence-electron chi connectivity index (χ3n) is 3.42. The summed E-state index contributed by atoms with van der Waals surface area (Å²) in [7, 11) is 6.12. The van der Waals surface area contributed by atoms with E-state index in [9.17, 15) is 0 Å². The number of nitrogens with zero attached hydrogens (tertiary/aromatic N) is 3. The molecule has 4 heteroatoms. The molecule has 1 fully saturated rings. The van der Waals surface area contributed by atoms with Gasteiger partial charge in [-0.25, -0.2) is 4.98 Å². The van der Waals surface area contributed by atoms with Gasteiger partial charge in [0.05, 0.1) is 11.9 Å². The standard InChI is InChI=1S/C12H22N4/c1-15(2)12-14-9-11(16(12)3)8-13-7-10-5-4-6-10/h9-10,13H,4-8H2,1-3H3. The molecule has 1 N–H and O–H groups in total. The summed E-state index contributed by atoms with van der Waals surface area (Å²) in [6, 6.07) is 0. The Balaban J connectivity index is 1.84. The zero-order valence-electron chi connectivity index (χ0n) is 10.5. The smallest absolute Gasteiger partial charge is 0.204 e. The van der Waals surface area contributed by atoms with Crippen LogP contribution in [0.15, 0.2) is 6.20 Å². The Hall–Kier alpha value is -1.03. The summed E-state index contributed by atoms with van der Waals surface area (Å²) in [5, 5.41) is 3.52. The first-order valence-electron chi connectivity index (χ1n) is 6.07. The number of anilines is 1. The number of aromatic nitrogens is 2. The maximum Gasteiger partial charge on any atom is 0.204 e. The molecule has 0 aromatic carbocycles. The highest BCUT2D eigenvalue weighted by atomic mass is 15.3. The van der Waals surface area contributed by atoms with Crippen LogP contribution < -0.4 is 10.2 Å². The SMILES string of the molecule is CN(C)c1ncc(CNCC2CCC2)n1C. The molecule has 0 spiro atoms. The molecule has 1 heterocycles. The Morgan fingerprint density at radius 1 is 1.50 bits per heavy atom. The lowest BCUT2D eigenvalue weighted by Crippen LogP contribution is -2.27. The fourth-order valence-electron chi connectivity index (χ4n) is 2.11. The van der Waals surface area contributed by atoms with Gasteiger partial charge in [-0.2, -0.15) is 0 Å². The molecule has 0 unspecified atom stereocenters. The molecule has 1 aromatic heterocycles. The second kappa shape index (κ2) is 4.87. The average Bonchev–Trinajstić information content (AvgIpc) is 2.52. The molecule has 90 valence electrons. The zero-order valence-corrected chi connectivity index (χ0v) is 10.5. The van der Waals surface area contributed by atoms with Crippen molar-refractivity contribution in [2.45, 2.75) is 25.8 Å². The number of imidazole rings is 1. The van der Waals surface area contributed by atoms with Gasteiger partial charge in [-0.15, -0.1) is 0 Å². The molecular formula is C12H22N4. The highest BCUT2D eigenvalue weighted by molar-refractivity contribution is 5.30. The summed E-state index contributed by atoms with van der Waals surface area (Å²) in [6.45, 7) is 2.08. The fraction of sp³-hybridized carbons (Fsp3) is 0.750. The zero-order chi connectivity index (χ0) is 11.5. The van der Waals surface area contributed by atoms with Gasteiger partial charge in [-0.1, -0.05) is 6.42 Å². The Kier molecular flexibility index (Phi) is 3.49. The number of hydrogen-bond acceptors (Lipinski definition) is 3. The van der Waals surface area contributed by atoms with Crippen LogP contribution in [0.2, 0.25) is 0 Å². The van der Waals surface area contributed by atoms with E-state index in [-0.39, 0.29) is 0 Å². The van der Waals surface area contributed by atoms with Crippen molar-refractivity contribution in [3.05, 3.63) is 11.9 Å². The van der Waals surface area contributed by atoms with Crippen LogP contribution in [0.5, 0.6) is 0 Å². The molecular weight excluding hydrogens is 200 g/mol. The maximum atomic E-state index is 4.40. The summed E-state index contributed by atoms with van der Waals surface area (Å²) >= 11 is 0. The van der Waals surface area contributed by atoms with Gasteiger partial charge in [-0.3, -0.25) is 0 Å². The summed E-state index contributed by atoms with van der Waals surface area (Å²) in [6.07, 6.45) is 6.19. The molecule has 16 heavy (non-hydrogen) atoms. The van der Waals surface area contributed by atoms with Crippen molar-refractivity contribution in [1.29, 1.82) is 0 Å². The molecule has 0 aliphatic heterocycles. The molecule has 0 saturated heterocycles. The lowest BCUT2D eigenvalue weighted by atomic mass is 9.85. The van der Waals surface area contributed by atoms with Crippen molar-refractivity contribution >= 4 is 5.95 Å². The van der Waals surface area contributed by atoms with E-state index in [1.807, 2.05) is 25.2 Å². The van der Waals surface area contributed by atoms with Crippen LogP contribution in [0.3, 0.4) is 0 Å². The number of hydrogen-bond donors (Lipinski definition) is 1. The Morgan fingerprint density at radius 3 is 2.75 bits per heavy atom. The first-order valence-corrected chi connectivity index (χ1v) is 6.07. The van der Waals surface area contributed by atoms with Crippen molar-refractivity contribution in [1.82, 2.24) is 14.9 Å². The predicted molar refractivity (Wildman–Crippen MR) is 66.6 cm³/mol.